The van der Waals surface area contributed by atoms with Crippen molar-refractivity contribution in [2.75, 3.05) is 13.2 Å². The molecule has 3 aliphatic heterocycles. The second kappa shape index (κ2) is 3.70. The molecule has 0 unspecified atom stereocenters. The number of rotatable bonds is 2. The van der Waals surface area contributed by atoms with Crippen LogP contribution in [0.25, 0.3) is 0 Å². The van der Waals surface area contributed by atoms with Gasteiger partial charge in [-0.25, -0.2) is 9.59 Å². The lowest BCUT2D eigenvalue weighted by Gasteiger charge is -2.49. The number of likely N-dealkylation sites (tertiary alicyclic amines) is 1. The van der Waals surface area contributed by atoms with Gasteiger partial charge in [-0.1, -0.05) is 0 Å². The van der Waals surface area contributed by atoms with Crippen molar-refractivity contribution in [3.8, 4) is 0 Å². The van der Waals surface area contributed by atoms with E-state index in [0.717, 1.165) is 9.80 Å². The Bertz CT molecular complexity index is 527. The predicted octanol–water partition coefficient (Wildman–Crippen LogP) is -1.09. The third-order valence-corrected chi connectivity index (χ3v) is 4.09. The van der Waals surface area contributed by atoms with Gasteiger partial charge < -0.3 is 15.3 Å². The van der Waals surface area contributed by atoms with Crippen molar-refractivity contribution in [2.24, 2.45) is 5.92 Å². The third kappa shape index (κ3) is 1.34. The Hall–Kier alpha value is -2.09. The van der Waals surface area contributed by atoms with Crippen LogP contribution in [0.2, 0.25) is 0 Å². The Morgan fingerprint density at radius 2 is 2.00 bits per heavy atom. The number of aliphatic carboxylic acids is 1. The fraction of sp³-hybridized carbons (Fsp3) is 0.545. The second-order valence-electron chi connectivity index (χ2n) is 4.96. The van der Waals surface area contributed by atoms with Crippen molar-refractivity contribution in [3.05, 3.63) is 11.3 Å². The summed E-state index contributed by atoms with van der Waals surface area (Å²) in [5.41, 5.74) is 0.102. The van der Waals surface area contributed by atoms with Crippen LogP contribution in [0.4, 0.5) is 4.79 Å². The van der Waals surface area contributed by atoms with E-state index in [2.05, 4.69) is 0 Å². The van der Waals surface area contributed by atoms with Crippen molar-refractivity contribution in [3.63, 3.8) is 0 Å². The summed E-state index contributed by atoms with van der Waals surface area (Å²) in [4.78, 5) is 36.5. The first kappa shape index (κ1) is 12.0. The maximum Gasteiger partial charge on any atom is 0.408 e. The van der Waals surface area contributed by atoms with Crippen LogP contribution in [0.3, 0.4) is 0 Å². The maximum absolute atomic E-state index is 12.0. The second-order valence-corrected chi connectivity index (χ2v) is 4.96. The van der Waals surface area contributed by atoms with Gasteiger partial charge in [-0.2, -0.15) is 0 Å². The molecule has 102 valence electrons. The van der Waals surface area contributed by atoms with Crippen molar-refractivity contribution < 1.29 is 29.7 Å². The average Bonchev–Trinajstić information content (AvgIpc) is 2.72. The molecule has 0 saturated carbocycles. The number of carboxylic acids is 1. The first-order valence-electron chi connectivity index (χ1n) is 5.86. The highest BCUT2D eigenvalue weighted by atomic mass is 16.4. The fourth-order valence-corrected chi connectivity index (χ4v) is 3.37. The standard InChI is InChI=1S/C11H12N2O6/c14-3-5-1-4-2-12(11(18)19)8-6(4)13(9(8)15)7(5)10(16)17/h4,6,8,14H,1-3H2,(H,16,17)(H,18,19)/t4-,6-,8+/m1/s1. The van der Waals surface area contributed by atoms with E-state index < -0.39 is 36.7 Å². The van der Waals surface area contributed by atoms with Gasteiger partial charge in [0.2, 0.25) is 0 Å². The van der Waals surface area contributed by atoms with Crippen LogP contribution in [0.5, 0.6) is 0 Å². The molecule has 0 bridgehead atoms. The van der Waals surface area contributed by atoms with Gasteiger partial charge in [0, 0.05) is 12.5 Å². The predicted molar refractivity (Wildman–Crippen MR) is 59.0 cm³/mol. The zero-order valence-corrected chi connectivity index (χ0v) is 9.81. The van der Waals surface area contributed by atoms with Crippen LogP contribution in [-0.4, -0.2) is 68.3 Å². The SMILES string of the molecule is O=C(O)C1=C(CO)C[C@@H]2CN(C(=O)O)[C@@H]3C(=O)N1[C@H]23. The summed E-state index contributed by atoms with van der Waals surface area (Å²) in [5, 5.41) is 27.4. The molecule has 3 atom stereocenters. The summed E-state index contributed by atoms with van der Waals surface area (Å²) in [7, 11) is 0. The van der Waals surface area contributed by atoms with E-state index in [0.29, 0.717) is 6.42 Å². The molecule has 8 nitrogen and oxygen atoms in total. The van der Waals surface area contributed by atoms with E-state index in [-0.39, 0.29) is 23.7 Å². The van der Waals surface area contributed by atoms with Gasteiger partial charge in [-0.05, 0) is 12.0 Å². The van der Waals surface area contributed by atoms with E-state index in [1.165, 1.54) is 0 Å². The van der Waals surface area contributed by atoms with E-state index in [9.17, 15) is 19.5 Å². The molecule has 0 aromatic rings. The fourth-order valence-electron chi connectivity index (χ4n) is 3.37. The highest BCUT2D eigenvalue weighted by molar-refractivity contribution is 6.02. The number of carbonyl (C=O) groups excluding carboxylic acids is 1. The summed E-state index contributed by atoms with van der Waals surface area (Å²) >= 11 is 0. The van der Waals surface area contributed by atoms with Gasteiger partial charge in [0.25, 0.3) is 5.91 Å². The molecule has 2 fully saturated rings. The lowest BCUT2D eigenvalue weighted by molar-refractivity contribution is -0.156. The number of aliphatic hydroxyl groups is 1. The Morgan fingerprint density at radius 3 is 2.53 bits per heavy atom. The van der Waals surface area contributed by atoms with Crippen LogP contribution in [0.15, 0.2) is 11.3 Å². The highest BCUT2D eigenvalue weighted by Gasteiger charge is 2.64. The number of hydrogen-bond donors (Lipinski definition) is 3. The Morgan fingerprint density at radius 1 is 1.32 bits per heavy atom. The zero-order valence-electron chi connectivity index (χ0n) is 9.81. The molecule has 2 saturated heterocycles. The van der Waals surface area contributed by atoms with Crippen molar-refractivity contribution in [1.29, 1.82) is 0 Å². The average molecular weight is 268 g/mol. The van der Waals surface area contributed by atoms with Crippen LogP contribution in [0.1, 0.15) is 6.42 Å². The number of amides is 2. The third-order valence-electron chi connectivity index (χ3n) is 4.09. The highest BCUT2D eigenvalue weighted by Crippen LogP contribution is 2.46. The number of β-lactam (4-membered cyclic amide) rings is 1. The number of hydrogen-bond acceptors (Lipinski definition) is 4. The minimum Gasteiger partial charge on any atom is -0.477 e. The number of carbonyl (C=O) groups is 3. The molecule has 3 rings (SSSR count). The largest absolute Gasteiger partial charge is 0.477 e. The lowest BCUT2D eigenvalue weighted by Crippen LogP contribution is -2.69. The smallest absolute Gasteiger partial charge is 0.408 e. The van der Waals surface area contributed by atoms with Crippen LogP contribution in [0, 0.1) is 5.92 Å². The van der Waals surface area contributed by atoms with Gasteiger partial charge in [-0.15, -0.1) is 0 Å². The first-order chi connectivity index (χ1) is 8.97. The van der Waals surface area contributed by atoms with Gasteiger partial charge >= 0.3 is 12.1 Å². The van der Waals surface area contributed by atoms with E-state index in [1.807, 2.05) is 0 Å². The Kier molecular flexibility index (Phi) is 2.33. The molecule has 3 aliphatic rings. The Balaban J connectivity index is 2.01. The van der Waals surface area contributed by atoms with Crippen molar-refractivity contribution >= 4 is 18.0 Å². The summed E-state index contributed by atoms with van der Waals surface area (Å²) in [6.07, 6.45) is -0.859. The van der Waals surface area contributed by atoms with Crippen LogP contribution >= 0.6 is 0 Å². The molecule has 0 radical (unpaired) electrons. The molecular weight excluding hydrogens is 256 g/mol. The summed E-state index contributed by atoms with van der Waals surface area (Å²) in [6, 6.07) is -1.16. The van der Waals surface area contributed by atoms with Crippen LogP contribution in [-0.2, 0) is 9.59 Å². The molecule has 2 amide bonds. The monoisotopic (exact) mass is 268 g/mol. The first-order valence-corrected chi connectivity index (χ1v) is 5.86. The summed E-state index contributed by atoms with van der Waals surface area (Å²) < 4.78 is 0. The van der Waals surface area contributed by atoms with Crippen molar-refractivity contribution in [1.82, 2.24) is 9.80 Å². The molecule has 19 heavy (non-hydrogen) atoms. The van der Waals surface area contributed by atoms with E-state index in [4.69, 9.17) is 10.2 Å². The maximum atomic E-state index is 12.0. The number of carboxylic acid groups (broad SMARTS) is 2. The van der Waals surface area contributed by atoms with Gasteiger partial charge in [-0.3, -0.25) is 14.6 Å². The minimum absolute atomic E-state index is 0.135. The zero-order chi connectivity index (χ0) is 13.9. The topological polar surface area (TPSA) is 118 Å². The lowest BCUT2D eigenvalue weighted by atomic mass is 9.79. The van der Waals surface area contributed by atoms with E-state index in [1.54, 1.807) is 0 Å². The van der Waals surface area contributed by atoms with E-state index >= 15 is 0 Å². The van der Waals surface area contributed by atoms with Crippen molar-refractivity contribution in [2.45, 2.75) is 18.5 Å². The number of nitrogens with zero attached hydrogens (tertiary/aromatic N) is 2. The molecular formula is C11H12N2O6. The molecule has 0 spiro atoms. The molecule has 3 heterocycles. The van der Waals surface area contributed by atoms with Crippen LogP contribution < -0.4 is 0 Å². The molecule has 8 heteroatoms. The molecule has 0 aromatic carbocycles. The molecule has 0 aromatic heterocycles. The van der Waals surface area contributed by atoms with Gasteiger partial charge in [0.1, 0.15) is 11.7 Å². The molecule has 0 aliphatic carbocycles. The quantitative estimate of drug-likeness (QED) is 0.548. The number of aliphatic hydroxyl groups excluding tert-OH is 1. The van der Waals surface area contributed by atoms with Gasteiger partial charge in [0.15, 0.2) is 0 Å². The van der Waals surface area contributed by atoms with Gasteiger partial charge in [0.05, 0.1) is 12.6 Å². The minimum atomic E-state index is -1.26. The molecule has 3 N–H and O–H groups in total. The normalized spacial score (nSPS) is 32.3. The summed E-state index contributed by atoms with van der Waals surface area (Å²) in [6.45, 7) is -0.240. The Labute approximate surface area is 107 Å². The summed E-state index contributed by atoms with van der Waals surface area (Å²) in [5.74, 6) is -1.91.